The number of hydrogen-bond acceptors (Lipinski definition) is 1. The predicted octanol–water partition coefficient (Wildman–Crippen LogP) is 1.50. The molecule has 2 rings (SSSR count). The summed E-state index contributed by atoms with van der Waals surface area (Å²) in [5, 5.41) is 9.93. The third-order valence-electron chi connectivity index (χ3n) is 1.97. The summed E-state index contributed by atoms with van der Waals surface area (Å²) >= 11 is 0. The van der Waals surface area contributed by atoms with Crippen LogP contribution in [0.2, 0.25) is 0 Å². The molecule has 0 fully saturated rings. The molecule has 12 heavy (non-hydrogen) atoms. The van der Waals surface area contributed by atoms with E-state index in [0.717, 1.165) is 16.5 Å². The second-order valence-corrected chi connectivity index (χ2v) is 2.75. The highest BCUT2D eigenvalue weighted by molar-refractivity contribution is 5.82. The van der Waals surface area contributed by atoms with Crippen LogP contribution in [0.15, 0.2) is 24.4 Å². The second kappa shape index (κ2) is 2.99. The first-order chi connectivity index (χ1) is 5.92. The van der Waals surface area contributed by atoms with Gasteiger partial charge in [-0.1, -0.05) is 18.2 Å². The largest absolute Gasteiger partial charge is 0.396 e. The highest BCUT2D eigenvalue weighted by Crippen LogP contribution is 2.16. The van der Waals surface area contributed by atoms with Crippen LogP contribution in [0.1, 0.15) is 5.56 Å². The summed E-state index contributed by atoms with van der Waals surface area (Å²) in [5.74, 6) is 0. The van der Waals surface area contributed by atoms with Crippen molar-refractivity contribution in [3.63, 3.8) is 0 Å². The topological polar surface area (TPSA) is 36.0 Å². The van der Waals surface area contributed by atoms with E-state index >= 15 is 0 Å². The summed E-state index contributed by atoms with van der Waals surface area (Å²) in [7, 11) is 0. The van der Waals surface area contributed by atoms with Gasteiger partial charge in [-0.3, -0.25) is 0 Å². The van der Waals surface area contributed by atoms with Crippen LogP contribution in [0.5, 0.6) is 0 Å². The number of aromatic nitrogens is 1. The van der Waals surface area contributed by atoms with E-state index in [-0.39, 0.29) is 6.61 Å². The molecule has 2 heteroatoms. The van der Waals surface area contributed by atoms with E-state index in [9.17, 15) is 0 Å². The maximum Gasteiger partial charge on any atom is 0.0537 e. The van der Waals surface area contributed by atoms with E-state index in [1.807, 2.05) is 24.4 Å². The van der Waals surface area contributed by atoms with Crippen molar-refractivity contribution in [1.82, 2.24) is 4.98 Å². The van der Waals surface area contributed by atoms with Gasteiger partial charge in [0.25, 0.3) is 0 Å². The zero-order valence-electron chi connectivity index (χ0n) is 6.67. The molecular formula is C10H10NO. The molecule has 2 N–H and O–H groups in total. The number of aliphatic hydroxyl groups is 1. The first-order valence-electron chi connectivity index (χ1n) is 3.99. The summed E-state index contributed by atoms with van der Waals surface area (Å²) < 4.78 is 0. The summed E-state index contributed by atoms with van der Waals surface area (Å²) in [4.78, 5) is 3.11. The molecule has 1 aromatic carbocycles. The van der Waals surface area contributed by atoms with Gasteiger partial charge in [0.15, 0.2) is 0 Å². The molecular weight excluding hydrogens is 150 g/mol. The molecule has 61 valence electrons. The lowest BCUT2D eigenvalue weighted by Crippen LogP contribution is -1.87. The molecule has 0 spiro atoms. The van der Waals surface area contributed by atoms with Crippen LogP contribution in [0.4, 0.5) is 0 Å². The van der Waals surface area contributed by atoms with Crippen LogP contribution in [0.25, 0.3) is 10.9 Å². The zero-order chi connectivity index (χ0) is 8.39. The minimum absolute atomic E-state index is 0.196. The van der Waals surface area contributed by atoms with Crippen LogP contribution in [-0.2, 0) is 6.42 Å². The molecule has 1 heterocycles. The number of fused-ring (bicyclic) bond motifs is 1. The number of benzene rings is 1. The SMILES string of the molecule is OCCc1c[nH]c2[c]cccc12. The Morgan fingerprint density at radius 2 is 2.42 bits per heavy atom. The summed E-state index contributed by atoms with van der Waals surface area (Å²) in [6.45, 7) is 0.196. The van der Waals surface area contributed by atoms with Crippen LogP contribution in [0.3, 0.4) is 0 Å². The molecule has 0 saturated heterocycles. The van der Waals surface area contributed by atoms with E-state index in [2.05, 4.69) is 11.1 Å². The van der Waals surface area contributed by atoms with E-state index < -0.39 is 0 Å². The number of nitrogens with one attached hydrogen (secondary N) is 1. The van der Waals surface area contributed by atoms with Crippen molar-refractivity contribution in [2.24, 2.45) is 0 Å². The summed E-state index contributed by atoms with van der Waals surface area (Å²) in [6, 6.07) is 8.96. The smallest absolute Gasteiger partial charge is 0.0537 e. The van der Waals surface area contributed by atoms with Crippen molar-refractivity contribution in [3.8, 4) is 0 Å². The minimum atomic E-state index is 0.196. The van der Waals surface area contributed by atoms with Crippen LogP contribution in [-0.4, -0.2) is 16.7 Å². The lowest BCUT2D eigenvalue weighted by Gasteiger charge is -1.93. The van der Waals surface area contributed by atoms with E-state index in [4.69, 9.17) is 5.11 Å². The lowest BCUT2D eigenvalue weighted by atomic mass is 10.1. The van der Waals surface area contributed by atoms with Gasteiger partial charge in [0, 0.05) is 24.3 Å². The van der Waals surface area contributed by atoms with Gasteiger partial charge in [-0.25, -0.2) is 0 Å². The first kappa shape index (κ1) is 7.37. The number of para-hydroxylation sites is 1. The van der Waals surface area contributed by atoms with Gasteiger partial charge in [-0.05, 0) is 12.0 Å². The number of aliphatic hydroxyl groups excluding tert-OH is 1. The number of rotatable bonds is 2. The van der Waals surface area contributed by atoms with Gasteiger partial charge in [0.2, 0.25) is 0 Å². The molecule has 1 aromatic heterocycles. The lowest BCUT2D eigenvalue weighted by molar-refractivity contribution is 0.300. The average Bonchev–Trinajstić information content (AvgIpc) is 2.50. The molecule has 2 nitrogen and oxygen atoms in total. The molecule has 0 saturated carbocycles. The Balaban J connectivity index is 2.55. The van der Waals surface area contributed by atoms with Crippen molar-refractivity contribution in [2.45, 2.75) is 6.42 Å². The fourth-order valence-corrected chi connectivity index (χ4v) is 1.39. The highest BCUT2D eigenvalue weighted by Gasteiger charge is 2.00. The zero-order valence-corrected chi connectivity index (χ0v) is 6.67. The second-order valence-electron chi connectivity index (χ2n) is 2.75. The summed E-state index contributed by atoms with van der Waals surface area (Å²) in [5.41, 5.74) is 2.17. The standard InChI is InChI=1S/C10H10NO/c12-6-5-8-7-11-10-4-2-1-3-9(8)10/h1-3,7,11-12H,5-6H2. The Morgan fingerprint density at radius 1 is 1.50 bits per heavy atom. The average molecular weight is 160 g/mol. The van der Waals surface area contributed by atoms with E-state index in [1.54, 1.807) is 0 Å². The van der Waals surface area contributed by atoms with Crippen molar-refractivity contribution in [1.29, 1.82) is 0 Å². The third kappa shape index (κ3) is 1.10. The van der Waals surface area contributed by atoms with E-state index in [1.165, 1.54) is 0 Å². The Hall–Kier alpha value is -1.28. The fourth-order valence-electron chi connectivity index (χ4n) is 1.39. The molecule has 0 unspecified atom stereocenters. The van der Waals surface area contributed by atoms with Gasteiger partial charge < -0.3 is 10.1 Å². The molecule has 0 aliphatic rings. The van der Waals surface area contributed by atoms with Gasteiger partial charge in [0.1, 0.15) is 0 Å². The van der Waals surface area contributed by atoms with Crippen molar-refractivity contribution >= 4 is 10.9 Å². The van der Waals surface area contributed by atoms with Crippen LogP contribution in [0, 0.1) is 6.07 Å². The third-order valence-corrected chi connectivity index (χ3v) is 1.97. The molecule has 0 aliphatic heterocycles. The Morgan fingerprint density at radius 3 is 3.25 bits per heavy atom. The fraction of sp³-hybridized carbons (Fsp3) is 0.200. The molecule has 0 bridgehead atoms. The predicted molar refractivity (Wildman–Crippen MR) is 47.9 cm³/mol. The molecule has 0 atom stereocenters. The first-order valence-corrected chi connectivity index (χ1v) is 3.99. The summed E-state index contributed by atoms with van der Waals surface area (Å²) in [6.07, 6.45) is 2.63. The Labute approximate surface area is 70.8 Å². The van der Waals surface area contributed by atoms with Gasteiger partial charge in [-0.2, -0.15) is 0 Å². The molecule has 0 aliphatic carbocycles. The van der Waals surface area contributed by atoms with Gasteiger partial charge in [-0.15, -0.1) is 0 Å². The van der Waals surface area contributed by atoms with Crippen LogP contribution < -0.4 is 0 Å². The maximum atomic E-state index is 8.77. The van der Waals surface area contributed by atoms with Crippen molar-refractivity contribution < 1.29 is 5.11 Å². The van der Waals surface area contributed by atoms with Gasteiger partial charge >= 0.3 is 0 Å². The number of H-pyrrole nitrogens is 1. The minimum Gasteiger partial charge on any atom is -0.396 e. The normalized spacial score (nSPS) is 10.8. The van der Waals surface area contributed by atoms with Gasteiger partial charge in [0.05, 0.1) is 5.52 Å². The van der Waals surface area contributed by atoms with Crippen molar-refractivity contribution in [2.75, 3.05) is 6.61 Å². The quantitative estimate of drug-likeness (QED) is 0.686. The number of hydrogen-bond donors (Lipinski definition) is 2. The molecule has 2 aromatic rings. The highest BCUT2D eigenvalue weighted by atomic mass is 16.2. The van der Waals surface area contributed by atoms with Crippen molar-refractivity contribution in [3.05, 3.63) is 36.0 Å². The van der Waals surface area contributed by atoms with Crippen LogP contribution >= 0.6 is 0 Å². The number of aromatic amines is 1. The van der Waals surface area contributed by atoms with E-state index in [0.29, 0.717) is 6.42 Å². The molecule has 1 radical (unpaired) electrons. The monoisotopic (exact) mass is 160 g/mol. The maximum absolute atomic E-state index is 8.77. The Kier molecular flexibility index (Phi) is 1.84. The Bertz CT molecular complexity index is 378. The molecule has 0 amide bonds.